The first-order valence-electron chi connectivity index (χ1n) is 6.74. The molecule has 2 rings (SSSR count). The number of pyridine rings is 1. The topological polar surface area (TPSA) is 34.2 Å². The molecule has 0 radical (unpaired) electrons. The van der Waals surface area contributed by atoms with Gasteiger partial charge >= 0.3 is 0 Å². The van der Waals surface area contributed by atoms with Crippen molar-refractivity contribution in [2.24, 2.45) is 0 Å². The summed E-state index contributed by atoms with van der Waals surface area (Å²) in [5.41, 5.74) is 2.40. The number of hydrogen-bond acceptors (Lipinski definition) is 3. The number of ether oxygens (including phenoxy) is 1. The van der Waals surface area contributed by atoms with E-state index in [1.54, 1.807) is 12.4 Å². The summed E-state index contributed by atoms with van der Waals surface area (Å²) in [6.45, 7) is 5.96. The van der Waals surface area contributed by atoms with Crippen LogP contribution in [0.1, 0.15) is 25.0 Å². The van der Waals surface area contributed by atoms with Crippen LogP contribution in [0, 0.1) is 0 Å². The van der Waals surface area contributed by atoms with Crippen molar-refractivity contribution in [1.82, 2.24) is 10.3 Å². The van der Waals surface area contributed by atoms with Gasteiger partial charge in [0.25, 0.3) is 0 Å². The van der Waals surface area contributed by atoms with Gasteiger partial charge in [-0.2, -0.15) is 0 Å². The lowest BCUT2D eigenvalue weighted by Gasteiger charge is -2.11. The molecular formula is C16H20N2O. The standard InChI is InChI=1S/C16H20N2O/c1-3-13-6-5-7-15(10-13)19-16-12-18-9-8-14(16)11-17-4-2/h5-10,12,17H,3-4,11H2,1-2H3. The SMILES string of the molecule is CCNCc1ccncc1Oc1cccc(CC)c1. The zero-order valence-corrected chi connectivity index (χ0v) is 11.5. The van der Waals surface area contributed by atoms with E-state index in [1.807, 2.05) is 18.2 Å². The molecule has 0 amide bonds. The highest BCUT2D eigenvalue weighted by atomic mass is 16.5. The number of benzene rings is 1. The lowest BCUT2D eigenvalue weighted by atomic mass is 10.1. The number of rotatable bonds is 6. The van der Waals surface area contributed by atoms with Crippen molar-refractivity contribution < 1.29 is 4.74 Å². The van der Waals surface area contributed by atoms with Gasteiger partial charge in [-0.1, -0.05) is 26.0 Å². The van der Waals surface area contributed by atoms with Crippen LogP contribution in [0.25, 0.3) is 0 Å². The monoisotopic (exact) mass is 256 g/mol. The van der Waals surface area contributed by atoms with Crippen LogP contribution in [0.2, 0.25) is 0 Å². The van der Waals surface area contributed by atoms with E-state index in [0.29, 0.717) is 0 Å². The summed E-state index contributed by atoms with van der Waals surface area (Å²) in [5.74, 6) is 1.68. The molecular weight excluding hydrogens is 236 g/mol. The second kappa shape index (κ2) is 6.90. The largest absolute Gasteiger partial charge is 0.455 e. The minimum absolute atomic E-state index is 0.793. The molecule has 0 saturated heterocycles. The van der Waals surface area contributed by atoms with Crippen LogP contribution in [-0.4, -0.2) is 11.5 Å². The molecule has 1 heterocycles. The summed E-state index contributed by atoms with van der Waals surface area (Å²) in [6, 6.07) is 10.2. The molecule has 19 heavy (non-hydrogen) atoms. The molecule has 3 nitrogen and oxygen atoms in total. The second-order valence-corrected chi connectivity index (χ2v) is 4.37. The van der Waals surface area contributed by atoms with Gasteiger partial charge in [-0.05, 0) is 36.7 Å². The Balaban J connectivity index is 2.17. The average molecular weight is 256 g/mol. The maximum absolute atomic E-state index is 5.95. The number of nitrogens with zero attached hydrogens (tertiary/aromatic N) is 1. The highest BCUT2D eigenvalue weighted by molar-refractivity contribution is 5.37. The maximum atomic E-state index is 5.95. The Labute approximate surface area is 114 Å². The van der Waals surface area contributed by atoms with Gasteiger partial charge in [0.1, 0.15) is 11.5 Å². The summed E-state index contributed by atoms with van der Waals surface area (Å²) in [4.78, 5) is 4.14. The van der Waals surface area contributed by atoms with Gasteiger partial charge < -0.3 is 10.1 Å². The van der Waals surface area contributed by atoms with E-state index >= 15 is 0 Å². The van der Waals surface area contributed by atoms with Gasteiger partial charge in [0, 0.05) is 18.3 Å². The Bertz CT molecular complexity index is 526. The fourth-order valence-corrected chi connectivity index (χ4v) is 1.86. The van der Waals surface area contributed by atoms with Gasteiger partial charge in [0.15, 0.2) is 0 Å². The first-order valence-corrected chi connectivity index (χ1v) is 6.74. The zero-order valence-electron chi connectivity index (χ0n) is 11.5. The third kappa shape index (κ3) is 3.80. The predicted octanol–water partition coefficient (Wildman–Crippen LogP) is 3.55. The molecule has 3 heteroatoms. The van der Waals surface area contributed by atoms with Crippen LogP contribution in [0.4, 0.5) is 0 Å². The molecule has 1 aromatic carbocycles. The number of aromatic nitrogens is 1. The minimum atomic E-state index is 0.793. The van der Waals surface area contributed by atoms with E-state index in [2.05, 4.69) is 36.3 Å². The predicted molar refractivity (Wildman–Crippen MR) is 77.5 cm³/mol. The zero-order chi connectivity index (χ0) is 13.5. The first kappa shape index (κ1) is 13.6. The molecule has 0 fully saturated rings. The van der Waals surface area contributed by atoms with E-state index in [0.717, 1.165) is 36.6 Å². The smallest absolute Gasteiger partial charge is 0.150 e. The third-order valence-corrected chi connectivity index (χ3v) is 2.97. The molecule has 1 aromatic heterocycles. The van der Waals surface area contributed by atoms with E-state index in [9.17, 15) is 0 Å². The molecule has 0 aliphatic carbocycles. The summed E-state index contributed by atoms with van der Waals surface area (Å²) in [5, 5.41) is 3.31. The van der Waals surface area contributed by atoms with Crippen LogP contribution in [0.3, 0.4) is 0 Å². The van der Waals surface area contributed by atoms with E-state index in [1.165, 1.54) is 5.56 Å². The molecule has 0 aliphatic heterocycles. The summed E-state index contributed by atoms with van der Waals surface area (Å²) in [7, 11) is 0. The highest BCUT2D eigenvalue weighted by Crippen LogP contribution is 2.25. The molecule has 0 aliphatic rings. The van der Waals surface area contributed by atoms with Crippen LogP contribution in [0.5, 0.6) is 11.5 Å². The van der Waals surface area contributed by atoms with Gasteiger partial charge in [-0.25, -0.2) is 0 Å². The molecule has 0 atom stereocenters. The Hall–Kier alpha value is -1.87. The highest BCUT2D eigenvalue weighted by Gasteiger charge is 2.05. The fraction of sp³-hybridized carbons (Fsp3) is 0.312. The van der Waals surface area contributed by atoms with Gasteiger partial charge in [0.05, 0.1) is 6.20 Å². The van der Waals surface area contributed by atoms with Crippen LogP contribution < -0.4 is 10.1 Å². The van der Waals surface area contributed by atoms with Crippen molar-refractivity contribution in [2.75, 3.05) is 6.54 Å². The normalized spacial score (nSPS) is 10.4. The summed E-state index contributed by atoms with van der Waals surface area (Å²) < 4.78 is 5.95. The maximum Gasteiger partial charge on any atom is 0.150 e. The van der Waals surface area contributed by atoms with Crippen molar-refractivity contribution >= 4 is 0 Å². The molecule has 0 saturated carbocycles. The van der Waals surface area contributed by atoms with Crippen LogP contribution >= 0.6 is 0 Å². The lowest BCUT2D eigenvalue weighted by molar-refractivity contribution is 0.470. The van der Waals surface area contributed by atoms with Crippen molar-refractivity contribution in [3.05, 3.63) is 53.9 Å². The second-order valence-electron chi connectivity index (χ2n) is 4.37. The first-order chi connectivity index (χ1) is 9.33. The van der Waals surface area contributed by atoms with E-state index in [-0.39, 0.29) is 0 Å². The Kier molecular flexibility index (Phi) is 4.93. The van der Waals surface area contributed by atoms with E-state index < -0.39 is 0 Å². The number of aryl methyl sites for hydroxylation is 1. The molecule has 100 valence electrons. The average Bonchev–Trinajstić information content (AvgIpc) is 2.46. The van der Waals surface area contributed by atoms with Crippen molar-refractivity contribution in [1.29, 1.82) is 0 Å². The van der Waals surface area contributed by atoms with Gasteiger partial charge in [0.2, 0.25) is 0 Å². The summed E-state index contributed by atoms with van der Waals surface area (Å²) in [6.07, 6.45) is 4.57. The quantitative estimate of drug-likeness (QED) is 0.858. The van der Waals surface area contributed by atoms with Crippen molar-refractivity contribution in [3.8, 4) is 11.5 Å². The van der Waals surface area contributed by atoms with E-state index in [4.69, 9.17) is 4.74 Å². The number of hydrogen-bond donors (Lipinski definition) is 1. The summed E-state index contributed by atoms with van der Waals surface area (Å²) >= 11 is 0. The molecule has 0 bridgehead atoms. The third-order valence-electron chi connectivity index (χ3n) is 2.97. The molecule has 0 spiro atoms. The molecule has 1 N–H and O–H groups in total. The Morgan fingerprint density at radius 2 is 2.11 bits per heavy atom. The Morgan fingerprint density at radius 3 is 2.89 bits per heavy atom. The van der Waals surface area contributed by atoms with Crippen molar-refractivity contribution in [3.63, 3.8) is 0 Å². The number of nitrogens with one attached hydrogen (secondary N) is 1. The fourth-order valence-electron chi connectivity index (χ4n) is 1.86. The Morgan fingerprint density at radius 1 is 1.21 bits per heavy atom. The van der Waals surface area contributed by atoms with Gasteiger partial charge in [-0.15, -0.1) is 0 Å². The van der Waals surface area contributed by atoms with Crippen LogP contribution in [0.15, 0.2) is 42.7 Å². The molecule has 2 aromatic rings. The van der Waals surface area contributed by atoms with Crippen LogP contribution in [-0.2, 0) is 13.0 Å². The lowest BCUT2D eigenvalue weighted by Crippen LogP contribution is -2.12. The van der Waals surface area contributed by atoms with Crippen molar-refractivity contribution in [2.45, 2.75) is 26.8 Å². The molecule has 0 unspecified atom stereocenters. The minimum Gasteiger partial charge on any atom is -0.455 e. The van der Waals surface area contributed by atoms with Gasteiger partial charge in [-0.3, -0.25) is 4.98 Å².